The largest absolute Gasteiger partial charge is 0.497 e. The van der Waals surface area contributed by atoms with Gasteiger partial charge >= 0.3 is 0 Å². The standard InChI is InChI=1S/C20H22N2O4/c1-13(23)22-18(14-5-8-16(24-2)9-6-14)12-17(21-22)15-7-10-19(25-3)20(11-15)26-4/h5-11,18H,12H2,1-4H3. The molecule has 2 aromatic rings. The zero-order valence-electron chi connectivity index (χ0n) is 15.4. The summed E-state index contributed by atoms with van der Waals surface area (Å²) in [6.07, 6.45) is 0.626. The molecule has 0 aromatic heterocycles. The lowest BCUT2D eigenvalue weighted by molar-refractivity contribution is -0.130. The normalized spacial score (nSPS) is 16.2. The maximum Gasteiger partial charge on any atom is 0.240 e. The lowest BCUT2D eigenvalue weighted by atomic mass is 9.98. The first-order chi connectivity index (χ1) is 12.6. The average molecular weight is 354 g/mol. The van der Waals surface area contributed by atoms with Crippen LogP contribution in [0.15, 0.2) is 47.6 Å². The number of amides is 1. The van der Waals surface area contributed by atoms with Gasteiger partial charge in [-0.2, -0.15) is 5.10 Å². The summed E-state index contributed by atoms with van der Waals surface area (Å²) in [6.45, 7) is 1.53. The lowest BCUT2D eigenvalue weighted by Crippen LogP contribution is -2.24. The van der Waals surface area contributed by atoms with Crippen LogP contribution in [-0.4, -0.2) is 38.0 Å². The number of nitrogens with zero attached hydrogens (tertiary/aromatic N) is 2. The van der Waals surface area contributed by atoms with E-state index in [-0.39, 0.29) is 11.9 Å². The number of hydrazone groups is 1. The molecule has 0 aliphatic carbocycles. The third-order valence-electron chi connectivity index (χ3n) is 4.45. The molecule has 6 nitrogen and oxygen atoms in total. The summed E-state index contributed by atoms with van der Waals surface area (Å²) in [5, 5.41) is 6.10. The minimum absolute atomic E-state index is 0.0960. The van der Waals surface area contributed by atoms with Crippen molar-refractivity contribution < 1.29 is 19.0 Å². The van der Waals surface area contributed by atoms with Crippen LogP contribution < -0.4 is 14.2 Å². The predicted octanol–water partition coefficient (Wildman–Crippen LogP) is 3.41. The van der Waals surface area contributed by atoms with E-state index in [2.05, 4.69) is 5.10 Å². The smallest absolute Gasteiger partial charge is 0.240 e. The van der Waals surface area contributed by atoms with Crippen LogP contribution in [-0.2, 0) is 4.79 Å². The van der Waals surface area contributed by atoms with Crippen LogP contribution in [0.3, 0.4) is 0 Å². The molecule has 0 saturated heterocycles. The fraction of sp³-hybridized carbons (Fsp3) is 0.300. The number of carbonyl (C=O) groups is 1. The molecular weight excluding hydrogens is 332 g/mol. The Balaban J connectivity index is 1.92. The summed E-state index contributed by atoms with van der Waals surface area (Å²) in [7, 11) is 4.83. The topological polar surface area (TPSA) is 60.4 Å². The Labute approximate surface area is 153 Å². The molecule has 6 heteroatoms. The van der Waals surface area contributed by atoms with Crippen LogP contribution in [0, 0.1) is 0 Å². The summed E-state index contributed by atoms with van der Waals surface area (Å²) >= 11 is 0. The van der Waals surface area contributed by atoms with E-state index >= 15 is 0 Å². The zero-order chi connectivity index (χ0) is 18.7. The number of rotatable bonds is 5. The van der Waals surface area contributed by atoms with Gasteiger partial charge in [0.2, 0.25) is 5.91 Å². The number of carbonyl (C=O) groups excluding carboxylic acids is 1. The van der Waals surface area contributed by atoms with E-state index in [9.17, 15) is 4.79 Å². The molecule has 0 spiro atoms. The van der Waals surface area contributed by atoms with E-state index in [1.165, 1.54) is 11.9 Å². The molecule has 1 amide bonds. The highest BCUT2D eigenvalue weighted by Crippen LogP contribution is 2.35. The maximum absolute atomic E-state index is 12.1. The van der Waals surface area contributed by atoms with E-state index in [0.717, 1.165) is 22.6 Å². The molecule has 3 rings (SSSR count). The summed E-state index contributed by atoms with van der Waals surface area (Å²) in [5.41, 5.74) is 2.76. The van der Waals surface area contributed by atoms with E-state index in [1.807, 2.05) is 42.5 Å². The number of hydrogen-bond donors (Lipinski definition) is 0. The van der Waals surface area contributed by atoms with Crippen molar-refractivity contribution in [1.29, 1.82) is 0 Å². The Kier molecular flexibility index (Phi) is 5.11. The molecule has 26 heavy (non-hydrogen) atoms. The van der Waals surface area contributed by atoms with Gasteiger partial charge in [-0.05, 0) is 35.9 Å². The number of benzene rings is 2. The second kappa shape index (κ2) is 7.47. The van der Waals surface area contributed by atoms with Crippen molar-refractivity contribution in [2.45, 2.75) is 19.4 Å². The third kappa shape index (κ3) is 3.35. The van der Waals surface area contributed by atoms with E-state index < -0.39 is 0 Å². The maximum atomic E-state index is 12.1. The monoisotopic (exact) mass is 354 g/mol. The Bertz CT molecular complexity index is 830. The SMILES string of the molecule is COc1ccc(C2CC(c3ccc(OC)c(OC)c3)=NN2C(C)=O)cc1. The Morgan fingerprint density at radius 1 is 1.00 bits per heavy atom. The van der Waals surface area contributed by atoms with Crippen LogP contribution >= 0.6 is 0 Å². The van der Waals surface area contributed by atoms with E-state index in [4.69, 9.17) is 14.2 Å². The van der Waals surface area contributed by atoms with Crippen LogP contribution in [0.25, 0.3) is 0 Å². The van der Waals surface area contributed by atoms with Crippen LogP contribution in [0.2, 0.25) is 0 Å². The first kappa shape index (κ1) is 17.8. The van der Waals surface area contributed by atoms with Crippen molar-refractivity contribution in [1.82, 2.24) is 5.01 Å². The summed E-state index contributed by atoms with van der Waals surface area (Å²) in [6, 6.07) is 13.2. The first-order valence-corrected chi connectivity index (χ1v) is 8.31. The van der Waals surface area contributed by atoms with Gasteiger partial charge < -0.3 is 14.2 Å². The highest BCUT2D eigenvalue weighted by molar-refractivity contribution is 6.03. The highest BCUT2D eigenvalue weighted by atomic mass is 16.5. The quantitative estimate of drug-likeness (QED) is 0.826. The van der Waals surface area contributed by atoms with Crippen LogP contribution in [0.5, 0.6) is 17.2 Å². The van der Waals surface area contributed by atoms with Gasteiger partial charge in [0.15, 0.2) is 11.5 Å². The zero-order valence-corrected chi connectivity index (χ0v) is 15.4. The second-order valence-electron chi connectivity index (χ2n) is 5.97. The molecule has 0 radical (unpaired) electrons. The van der Waals surface area contributed by atoms with Crippen LogP contribution in [0.4, 0.5) is 0 Å². The minimum atomic E-state index is -0.137. The van der Waals surface area contributed by atoms with Crippen LogP contribution in [0.1, 0.15) is 30.5 Å². The summed E-state index contributed by atoms with van der Waals surface area (Å²) < 4.78 is 15.9. The van der Waals surface area contributed by atoms with Gasteiger partial charge in [0.05, 0.1) is 33.1 Å². The Morgan fingerprint density at radius 2 is 1.69 bits per heavy atom. The number of hydrogen-bond acceptors (Lipinski definition) is 5. The summed E-state index contributed by atoms with van der Waals surface area (Å²) in [5.74, 6) is 1.98. The van der Waals surface area contributed by atoms with Crippen molar-refractivity contribution in [2.24, 2.45) is 5.10 Å². The van der Waals surface area contributed by atoms with Crippen molar-refractivity contribution in [2.75, 3.05) is 21.3 Å². The molecule has 1 heterocycles. The van der Waals surface area contributed by atoms with Gasteiger partial charge in [-0.15, -0.1) is 0 Å². The fourth-order valence-corrected chi connectivity index (χ4v) is 3.08. The van der Waals surface area contributed by atoms with Gasteiger partial charge in [-0.25, -0.2) is 5.01 Å². The molecule has 0 N–H and O–H groups in total. The average Bonchev–Trinajstić information content (AvgIpc) is 3.13. The molecule has 2 aromatic carbocycles. The highest BCUT2D eigenvalue weighted by Gasteiger charge is 2.31. The van der Waals surface area contributed by atoms with E-state index in [1.54, 1.807) is 21.3 Å². The third-order valence-corrected chi connectivity index (χ3v) is 4.45. The minimum Gasteiger partial charge on any atom is -0.497 e. The lowest BCUT2D eigenvalue weighted by Gasteiger charge is -2.20. The van der Waals surface area contributed by atoms with Gasteiger partial charge in [0, 0.05) is 18.9 Å². The molecule has 0 saturated carbocycles. The first-order valence-electron chi connectivity index (χ1n) is 8.31. The molecule has 1 atom stereocenters. The van der Waals surface area contributed by atoms with Crippen molar-refractivity contribution >= 4 is 11.6 Å². The fourth-order valence-electron chi connectivity index (χ4n) is 3.08. The predicted molar refractivity (Wildman–Crippen MR) is 99.0 cm³/mol. The van der Waals surface area contributed by atoms with Crippen molar-refractivity contribution in [3.05, 3.63) is 53.6 Å². The molecular formula is C20H22N2O4. The van der Waals surface area contributed by atoms with Gasteiger partial charge in [-0.1, -0.05) is 12.1 Å². The molecule has 0 bridgehead atoms. The van der Waals surface area contributed by atoms with Crippen molar-refractivity contribution in [3.63, 3.8) is 0 Å². The molecule has 136 valence electrons. The second-order valence-corrected chi connectivity index (χ2v) is 5.97. The van der Waals surface area contributed by atoms with Crippen molar-refractivity contribution in [3.8, 4) is 17.2 Å². The van der Waals surface area contributed by atoms with E-state index in [0.29, 0.717) is 17.9 Å². The van der Waals surface area contributed by atoms with Gasteiger partial charge in [0.1, 0.15) is 5.75 Å². The molecule has 1 aliphatic heterocycles. The Morgan fingerprint density at radius 3 is 2.27 bits per heavy atom. The molecule has 1 aliphatic rings. The van der Waals surface area contributed by atoms with Gasteiger partial charge in [0.25, 0.3) is 0 Å². The Hall–Kier alpha value is -3.02. The molecule has 1 unspecified atom stereocenters. The van der Waals surface area contributed by atoms with Gasteiger partial charge in [-0.3, -0.25) is 4.79 Å². The molecule has 0 fully saturated rings. The summed E-state index contributed by atoms with van der Waals surface area (Å²) in [4.78, 5) is 12.1. The number of ether oxygens (including phenoxy) is 3. The number of methoxy groups -OCH3 is 3.